The van der Waals surface area contributed by atoms with Crippen molar-refractivity contribution in [1.29, 1.82) is 0 Å². The average molecular weight is 472 g/mol. The number of nitrogens with zero attached hydrogens (tertiary/aromatic N) is 3. The van der Waals surface area contributed by atoms with E-state index in [2.05, 4.69) is 9.97 Å². The molecular formula is C25H24F3N3OS. The number of thiazole rings is 1. The molecule has 1 aliphatic carbocycles. The first-order chi connectivity index (χ1) is 15.8. The number of hydrogen-bond acceptors (Lipinski definition) is 4. The summed E-state index contributed by atoms with van der Waals surface area (Å²) in [5, 5.41) is 0.854. The number of hydrogen-bond donors (Lipinski definition) is 0. The SMILES string of the molecule is Cc1nc(C(=O)N2C3CC3CC[C@H]2CCc2ccc(C(F)(F)F)cn2)c(-c2ccccc2)s1. The summed E-state index contributed by atoms with van der Waals surface area (Å²) >= 11 is 1.53. The lowest BCUT2D eigenvalue weighted by Crippen LogP contribution is -2.45. The van der Waals surface area contributed by atoms with Gasteiger partial charge < -0.3 is 4.90 Å². The number of aromatic nitrogens is 2. The van der Waals surface area contributed by atoms with Crippen molar-refractivity contribution < 1.29 is 18.0 Å². The maximum atomic E-state index is 13.8. The predicted molar refractivity (Wildman–Crippen MR) is 121 cm³/mol. The summed E-state index contributed by atoms with van der Waals surface area (Å²) < 4.78 is 38.4. The third kappa shape index (κ3) is 4.53. The van der Waals surface area contributed by atoms with Gasteiger partial charge in [-0.25, -0.2) is 4.98 Å². The molecule has 2 fully saturated rings. The molecule has 2 aromatic heterocycles. The number of fused-ring (bicyclic) bond motifs is 1. The van der Waals surface area contributed by atoms with Crippen molar-refractivity contribution in [1.82, 2.24) is 14.9 Å². The highest BCUT2D eigenvalue weighted by Crippen LogP contribution is 2.47. The standard InChI is InChI=1S/C25H24F3N3OS/c1-15-30-22(23(33-15)16-5-3-2-4-6-16)24(32)31-20(11-7-17-13-21(17)31)12-10-19-9-8-18(14-29-19)25(26,27)28/h2-6,8-9,14,17,20-21H,7,10-13H2,1H3/t17?,20-,21?/m0/s1. The van der Waals surface area contributed by atoms with E-state index in [1.807, 2.05) is 42.2 Å². The lowest BCUT2D eigenvalue weighted by Gasteiger charge is -2.35. The van der Waals surface area contributed by atoms with E-state index in [0.29, 0.717) is 30.1 Å². The van der Waals surface area contributed by atoms with Crippen molar-refractivity contribution in [3.05, 3.63) is 70.6 Å². The van der Waals surface area contributed by atoms with E-state index in [1.54, 1.807) is 0 Å². The third-order valence-corrected chi connectivity index (χ3v) is 7.62. The van der Waals surface area contributed by atoms with Gasteiger partial charge >= 0.3 is 6.18 Å². The quantitative estimate of drug-likeness (QED) is 0.448. The number of pyridine rings is 1. The molecule has 1 saturated heterocycles. The number of rotatable bonds is 5. The van der Waals surface area contributed by atoms with Crippen LogP contribution in [0.25, 0.3) is 10.4 Å². The number of benzene rings is 1. The summed E-state index contributed by atoms with van der Waals surface area (Å²) in [5.41, 5.74) is 1.37. The van der Waals surface area contributed by atoms with Crippen LogP contribution in [0.1, 0.15) is 52.4 Å². The van der Waals surface area contributed by atoms with Crippen molar-refractivity contribution in [3.63, 3.8) is 0 Å². The van der Waals surface area contributed by atoms with Crippen LogP contribution in [0.5, 0.6) is 0 Å². The lowest BCUT2D eigenvalue weighted by molar-refractivity contribution is -0.137. The van der Waals surface area contributed by atoms with Gasteiger partial charge in [0, 0.05) is 24.0 Å². The molecule has 172 valence electrons. The monoisotopic (exact) mass is 471 g/mol. The zero-order valence-corrected chi connectivity index (χ0v) is 19.0. The fraction of sp³-hybridized carbons (Fsp3) is 0.400. The maximum absolute atomic E-state index is 13.8. The fourth-order valence-electron chi connectivity index (χ4n) is 4.83. The zero-order valence-electron chi connectivity index (χ0n) is 18.2. The van der Waals surface area contributed by atoms with Gasteiger partial charge in [0.2, 0.25) is 0 Å². The van der Waals surface area contributed by atoms with Crippen molar-refractivity contribution >= 4 is 17.2 Å². The first kappa shape index (κ1) is 22.1. The molecule has 1 aromatic carbocycles. The number of alkyl halides is 3. The Hall–Kier alpha value is -2.74. The van der Waals surface area contributed by atoms with Gasteiger partial charge in [-0.2, -0.15) is 13.2 Å². The molecule has 5 rings (SSSR count). The molecule has 2 unspecified atom stereocenters. The Morgan fingerprint density at radius 1 is 1.15 bits per heavy atom. The molecule has 0 N–H and O–H groups in total. The van der Waals surface area contributed by atoms with E-state index in [1.165, 1.54) is 17.4 Å². The number of halogens is 3. The summed E-state index contributed by atoms with van der Waals surface area (Å²) in [6, 6.07) is 12.6. The van der Waals surface area contributed by atoms with E-state index in [0.717, 1.165) is 47.0 Å². The predicted octanol–water partition coefficient (Wildman–Crippen LogP) is 6.16. The van der Waals surface area contributed by atoms with Gasteiger partial charge in [-0.3, -0.25) is 9.78 Å². The van der Waals surface area contributed by atoms with Crippen LogP contribution in [-0.2, 0) is 12.6 Å². The molecule has 4 nitrogen and oxygen atoms in total. The number of piperidine rings is 1. The van der Waals surface area contributed by atoms with E-state index in [4.69, 9.17) is 0 Å². The molecule has 3 aromatic rings. The Bertz CT molecular complexity index is 1140. The Morgan fingerprint density at radius 3 is 2.64 bits per heavy atom. The summed E-state index contributed by atoms with van der Waals surface area (Å²) in [6.07, 6.45) is 0.716. The second kappa shape index (κ2) is 8.56. The topological polar surface area (TPSA) is 46.1 Å². The van der Waals surface area contributed by atoms with Crippen LogP contribution in [0.4, 0.5) is 13.2 Å². The molecule has 3 atom stereocenters. The normalized spacial score (nSPS) is 22.2. The summed E-state index contributed by atoms with van der Waals surface area (Å²) in [7, 11) is 0. The molecule has 0 spiro atoms. The Labute approximate surface area is 194 Å². The first-order valence-electron chi connectivity index (χ1n) is 11.2. The van der Waals surface area contributed by atoms with Crippen molar-refractivity contribution in [2.75, 3.05) is 0 Å². The molecule has 2 aliphatic rings. The van der Waals surface area contributed by atoms with Crippen LogP contribution in [0.15, 0.2) is 48.7 Å². The Morgan fingerprint density at radius 2 is 1.94 bits per heavy atom. The van der Waals surface area contributed by atoms with Gasteiger partial charge in [-0.15, -0.1) is 11.3 Å². The number of carbonyl (C=O) groups is 1. The number of carbonyl (C=O) groups excluding carboxylic acids is 1. The maximum Gasteiger partial charge on any atom is 0.417 e. The van der Waals surface area contributed by atoms with Gasteiger partial charge in [0.1, 0.15) is 5.69 Å². The minimum Gasteiger partial charge on any atom is -0.331 e. The van der Waals surface area contributed by atoms with Crippen LogP contribution >= 0.6 is 11.3 Å². The number of amides is 1. The van der Waals surface area contributed by atoms with Crippen LogP contribution in [0.3, 0.4) is 0 Å². The summed E-state index contributed by atoms with van der Waals surface area (Å²) in [5.74, 6) is 0.519. The average Bonchev–Trinajstić information content (AvgIpc) is 3.49. The largest absolute Gasteiger partial charge is 0.417 e. The Balaban J connectivity index is 1.35. The van der Waals surface area contributed by atoms with Crippen molar-refractivity contribution in [2.45, 2.75) is 57.3 Å². The van der Waals surface area contributed by atoms with Crippen LogP contribution in [0, 0.1) is 12.8 Å². The fourth-order valence-corrected chi connectivity index (χ4v) is 5.75. The van der Waals surface area contributed by atoms with Crippen LogP contribution in [0.2, 0.25) is 0 Å². The van der Waals surface area contributed by atoms with Gasteiger partial charge in [-0.1, -0.05) is 30.3 Å². The highest BCUT2D eigenvalue weighted by atomic mass is 32.1. The van der Waals surface area contributed by atoms with Crippen LogP contribution < -0.4 is 0 Å². The van der Waals surface area contributed by atoms with Gasteiger partial charge in [0.25, 0.3) is 5.91 Å². The second-order valence-electron chi connectivity index (χ2n) is 8.86. The molecule has 0 bridgehead atoms. The third-order valence-electron chi connectivity index (χ3n) is 6.60. The highest BCUT2D eigenvalue weighted by Gasteiger charge is 2.50. The van der Waals surface area contributed by atoms with E-state index >= 15 is 0 Å². The molecule has 8 heteroatoms. The minimum absolute atomic E-state index is 0.0317. The summed E-state index contributed by atoms with van der Waals surface area (Å²) in [4.78, 5) is 25.3. The number of aryl methyl sites for hydroxylation is 2. The van der Waals surface area contributed by atoms with Crippen molar-refractivity contribution in [3.8, 4) is 10.4 Å². The molecule has 1 aliphatic heterocycles. The lowest BCUT2D eigenvalue weighted by atomic mass is 9.96. The zero-order chi connectivity index (χ0) is 23.2. The van der Waals surface area contributed by atoms with E-state index < -0.39 is 11.7 Å². The van der Waals surface area contributed by atoms with Gasteiger partial charge in [0.05, 0.1) is 15.4 Å². The highest BCUT2D eigenvalue weighted by molar-refractivity contribution is 7.15. The van der Waals surface area contributed by atoms with Crippen LogP contribution in [-0.4, -0.2) is 32.9 Å². The molecule has 0 radical (unpaired) electrons. The van der Waals surface area contributed by atoms with Gasteiger partial charge in [-0.05, 0) is 62.6 Å². The molecule has 3 heterocycles. The van der Waals surface area contributed by atoms with E-state index in [-0.39, 0.29) is 18.0 Å². The first-order valence-corrected chi connectivity index (χ1v) is 12.0. The molecule has 1 saturated carbocycles. The van der Waals surface area contributed by atoms with Gasteiger partial charge in [0.15, 0.2) is 0 Å². The minimum atomic E-state index is -4.39. The molecule has 1 amide bonds. The van der Waals surface area contributed by atoms with E-state index in [9.17, 15) is 18.0 Å². The molecular weight excluding hydrogens is 447 g/mol. The van der Waals surface area contributed by atoms with Crippen molar-refractivity contribution in [2.24, 2.45) is 5.92 Å². The molecule has 33 heavy (non-hydrogen) atoms. The second-order valence-corrected chi connectivity index (χ2v) is 10.1. The summed E-state index contributed by atoms with van der Waals surface area (Å²) in [6.45, 7) is 1.91. The smallest absolute Gasteiger partial charge is 0.331 e. The Kier molecular flexibility index (Phi) is 5.72. The number of likely N-dealkylation sites (tertiary alicyclic amines) is 1.